The lowest BCUT2D eigenvalue weighted by Crippen LogP contribution is -2.20. The fourth-order valence-electron chi connectivity index (χ4n) is 3.30. The van der Waals surface area contributed by atoms with Crippen LogP contribution in [0.1, 0.15) is 17.3 Å². The van der Waals surface area contributed by atoms with Crippen LogP contribution in [-0.4, -0.2) is 21.6 Å². The molecule has 0 saturated carbocycles. The van der Waals surface area contributed by atoms with Crippen molar-refractivity contribution in [3.05, 3.63) is 66.2 Å². The lowest BCUT2D eigenvalue weighted by Gasteiger charge is -2.23. The Morgan fingerprint density at radius 3 is 2.96 bits per heavy atom. The molecule has 1 atom stereocenters. The van der Waals surface area contributed by atoms with Crippen LogP contribution in [0.3, 0.4) is 0 Å². The second kappa shape index (κ2) is 5.44. The molecule has 5 rings (SSSR count). The standard InChI is InChI=1S/C19H14FN3O2/c20-17-13(16-8-21-10-25-16)5-6-14-18(17)23-19(22-14)12-7-11-3-1-2-4-15(11)24-9-12/h1-6,8,10,12H,7,9H2,(H,22,23). The van der Waals surface area contributed by atoms with Crippen molar-refractivity contribution in [3.63, 3.8) is 0 Å². The summed E-state index contributed by atoms with van der Waals surface area (Å²) in [7, 11) is 0. The molecule has 5 nitrogen and oxygen atoms in total. The predicted molar refractivity (Wildman–Crippen MR) is 89.9 cm³/mol. The van der Waals surface area contributed by atoms with E-state index in [4.69, 9.17) is 9.15 Å². The minimum Gasteiger partial charge on any atom is -0.493 e. The van der Waals surface area contributed by atoms with Crippen molar-refractivity contribution in [1.29, 1.82) is 0 Å². The fourth-order valence-corrected chi connectivity index (χ4v) is 3.30. The van der Waals surface area contributed by atoms with Crippen LogP contribution in [0.4, 0.5) is 4.39 Å². The number of fused-ring (bicyclic) bond motifs is 2. The molecule has 1 aliphatic heterocycles. The molecule has 0 spiro atoms. The van der Waals surface area contributed by atoms with Crippen LogP contribution in [0.15, 0.2) is 53.4 Å². The highest BCUT2D eigenvalue weighted by Crippen LogP contribution is 2.33. The Kier molecular flexibility index (Phi) is 3.09. The normalized spacial score (nSPS) is 16.6. The number of imidazole rings is 1. The molecule has 0 amide bonds. The summed E-state index contributed by atoms with van der Waals surface area (Å²) in [5.74, 6) is 1.72. The summed E-state index contributed by atoms with van der Waals surface area (Å²) >= 11 is 0. The van der Waals surface area contributed by atoms with Gasteiger partial charge in [-0.1, -0.05) is 18.2 Å². The van der Waals surface area contributed by atoms with Crippen LogP contribution in [0.25, 0.3) is 22.4 Å². The predicted octanol–water partition coefficient (Wildman–Crippen LogP) is 4.08. The van der Waals surface area contributed by atoms with E-state index in [0.29, 0.717) is 29.0 Å². The number of nitrogens with zero attached hydrogens (tertiary/aromatic N) is 2. The van der Waals surface area contributed by atoms with Gasteiger partial charge in [0.1, 0.15) is 17.1 Å². The molecule has 0 bridgehead atoms. The van der Waals surface area contributed by atoms with Crippen LogP contribution < -0.4 is 4.74 Å². The molecule has 1 unspecified atom stereocenters. The van der Waals surface area contributed by atoms with Gasteiger partial charge in [0.15, 0.2) is 18.0 Å². The molecule has 124 valence electrons. The summed E-state index contributed by atoms with van der Waals surface area (Å²) in [5.41, 5.74) is 2.48. The maximum absolute atomic E-state index is 14.9. The highest BCUT2D eigenvalue weighted by Gasteiger charge is 2.25. The summed E-state index contributed by atoms with van der Waals surface area (Å²) in [4.78, 5) is 11.6. The lowest BCUT2D eigenvalue weighted by molar-refractivity contribution is 0.258. The number of ether oxygens (including phenoxy) is 1. The Morgan fingerprint density at radius 1 is 1.16 bits per heavy atom. The highest BCUT2D eigenvalue weighted by atomic mass is 19.1. The van der Waals surface area contributed by atoms with Crippen molar-refractivity contribution in [2.45, 2.75) is 12.3 Å². The van der Waals surface area contributed by atoms with Gasteiger partial charge < -0.3 is 14.1 Å². The van der Waals surface area contributed by atoms with Gasteiger partial charge in [0, 0.05) is 0 Å². The quantitative estimate of drug-likeness (QED) is 0.599. The van der Waals surface area contributed by atoms with E-state index in [1.165, 1.54) is 12.6 Å². The average molecular weight is 335 g/mol. The molecular formula is C19H14FN3O2. The van der Waals surface area contributed by atoms with Crippen molar-refractivity contribution in [2.24, 2.45) is 0 Å². The second-order valence-corrected chi connectivity index (χ2v) is 6.13. The minimum atomic E-state index is -0.384. The Hall–Kier alpha value is -3.15. The molecule has 0 aliphatic carbocycles. The maximum Gasteiger partial charge on any atom is 0.181 e. The van der Waals surface area contributed by atoms with E-state index in [1.54, 1.807) is 12.1 Å². The molecule has 2 aromatic heterocycles. The van der Waals surface area contributed by atoms with Crippen molar-refractivity contribution in [3.8, 4) is 17.1 Å². The van der Waals surface area contributed by atoms with Gasteiger partial charge in [-0.25, -0.2) is 14.4 Å². The Bertz CT molecular complexity index is 1060. The second-order valence-electron chi connectivity index (χ2n) is 6.13. The maximum atomic E-state index is 14.9. The molecule has 2 aromatic carbocycles. The smallest absolute Gasteiger partial charge is 0.181 e. The minimum absolute atomic E-state index is 0.0652. The van der Waals surface area contributed by atoms with Crippen molar-refractivity contribution < 1.29 is 13.5 Å². The molecule has 1 aliphatic rings. The number of H-pyrrole nitrogens is 1. The zero-order valence-electron chi connectivity index (χ0n) is 13.2. The number of nitrogens with one attached hydrogen (secondary N) is 1. The van der Waals surface area contributed by atoms with Gasteiger partial charge in [-0.05, 0) is 30.2 Å². The number of hydrogen-bond donors (Lipinski definition) is 1. The number of benzene rings is 2. The number of aromatic amines is 1. The third kappa shape index (κ3) is 2.29. The van der Waals surface area contributed by atoms with E-state index >= 15 is 0 Å². The average Bonchev–Trinajstić information content (AvgIpc) is 3.31. The van der Waals surface area contributed by atoms with E-state index < -0.39 is 0 Å². The molecular weight excluding hydrogens is 321 g/mol. The number of hydrogen-bond acceptors (Lipinski definition) is 4. The van der Waals surface area contributed by atoms with Gasteiger partial charge in [0.05, 0.1) is 29.8 Å². The first-order valence-electron chi connectivity index (χ1n) is 8.07. The van der Waals surface area contributed by atoms with Crippen LogP contribution in [-0.2, 0) is 6.42 Å². The van der Waals surface area contributed by atoms with E-state index in [9.17, 15) is 4.39 Å². The third-order valence-corrected chi connectivity index (χ3v) is 4.58. The van der Waals surface area contributed by atoms with Gasteiger partial charge in [-0.15, -0.1) is 0 Å². The molecule has 0 radical (unpaired) electrons. The van der Waals surface area contributed by atoms with Crippen molar-refractivity contribution >= 4 is 11.0 Å². The van der Waals surface area contributed by atoms with E-state index in [0.717, 1.165) is 23.6 Å². The van der Waals surface area contributed by atoms with Gasteiger partial charge in [0.2, 0.25) is 0 Å². The topological polar surface area (TPSA) is 63.9 Å². The van der Waals surface area contributed by atoms with E-state index in [-0.39, 0.29) is 11.7 Å². The number of rotatable bonds is 2. The SMILES string of the molecule is Fc1c(-c2cnco2)ccc2nc(C3COc4ccccc4C3)[nH]c12. The number of halogens is 1. The Labute approximate surface area is 142 Å². The molecule has 4 aromatic rings. The summed E-state index contributed by atoms with van der Waals surface area (Å²) in [5, 5.41) is 0. The zero-order chi connectivity index (χ0) is 16.8. The summed E-state index contributed by atoms with van der Waals surface area (Å²) in [6.07, 6.45) is 3.59. The van der Waals surface area contributed by atoms with Crippen LogP contribution in [0, 0.1) is 5.82 Å². The van der Waals surface area contributed by atoms with Gasteiger partial charge in [0.25, 0.3) is 0 Å². The first-order chi connectivity index (χ1) is 12.3. The van der Waals surface area contributed by atoms with Crippen LogP contribution in [0.2, 0.25) is 0 Å². The highest BCUT2D eigenvalue weighted by molar-refractivity contribution is 5.82. The summed E-state index contributed by atoms with van der Waals surface area (Å²) in [6, 6.07) is 11.4. The van der Waals surface area contributed by atoms with Crippen LogP contribution in [0.5, 0.6) is 5.75 Å². The lowest BCUT2D eigenvalue weighted by atomic mass is 9.96. The number of oxazole rings is 1. The molecule has 25 heavy (non-hydrogen) atoms. The van der Waals surface area contributed by atoms with Crippen molar-refractivity contribution in [2.75, 3.05) is 6.61 Å². The first-order valence-corrected chi connectivity index (χ1v) is 8.07. The Balaban J connectivity index is 1.54. The Morgan fingerprint density at radius 2 is 2.08 bits per heavy atom. The van der Waals surface area contributed by atoms with E-state index in [2.05, 4.69) is 15.0 Å². The largest absolute Gasteiger partial charge is 0.493 e. The molecule has 0 saturated heterocycles. The van der Waals surface area contributed by atoms with Gasteiger partial charge >= 0.3 is 0 Å². The first kappa shape index (κ1) is 14.2. The fraction of sp³-hybridized carbons (Fsp3) is 0.158. The molecule has 3 heterocycles. The summed E-state index contributed by atoms with van der Waals surface area (Å²) in [6.45, 7) is 0.521. The third-order valence-electron chi connectivity index (χ3n) is 4.58. The van der Waals surface area contributed by atoms with E-state index in [1.807, 2.05) is 24.3 Å². The molecule has 0 fully saturated rings. The van der Waals surface area contributed by atoms with Crippen molar-refractivity contribution in [1.82, 2.24) is 15.0 Å². The van der Waals surface area contributed by atoms with Crippen LogP contribution >= 0.6 is 0 Å². The van der Waals surface area contributed by atoms with Gasteiger partial charge in [-0.2, -0.15) is 0 Å². The number of aromatic nitrogens is 3. The molecule has 1 N–H and O–H groups in total. The van der Waals surface area contributed by atoms with Gasteiger partial charge in [-0.3, -0.25) is 0 Å². The summed E-state index contributed by atoms with van der Waals surface area (Å²) < 4.78 is 25.9. The number of para-hydroxylation sites is 1. The molecule has 6 heteroatoms. The monoisotopic (exact) mass is 335 g/mol. The zero-order valence-corrected chi connectivity index (χ0v) is 13.2.